The van der Waals surface area contributed by atoms with E-state index in [0.29, 0.717) is 30.4 Å². The van der Waals surface area contributed by atoms with Crippen LogP contribution in [-0.4, -0.2) is 64.9 Å². The molecule has 0 spiro atoms. The summed E-state index contributed by atoms with van der Waals surface area (Å²) in [5, 5.41) is 7.94. The van der Waals surface area contributed by atoms with Gasteiger partial charge >= 0.3 is 6.03 Å². The van der Waals surface area contributed by atoms with Crippen LogP contribution in [0, 0.1) is 0 Å². The highest BCUT2D eigenvalue weighted by molar-refractivity contribution is 6.30. The van der Waals surface area contributed by atoms with E-state index in [1.165, 1.54) is 30.4 Å². The molecule has 1 aliphatic heterocycles. The maximum Gasteiger partial charge on any atom is 0.322 e. The zero-order valence-corrected chi connectivity index (χ0v) is 19.3. The highest BCUT2D eigenvalue weighted by Gasteiger charge is 2.21. The minimum atomic E-state index is -0.0975. The van der Waals surface area contributed by atoms with Crippen LogP contribution in [0.4, 0.5) is 10.5 Å². The van der Waals surface area contributed by atoms with Crippen molar-refractivity contribution >= 4 is 23.3 Å². The summed E-state index contributed by atoms with van der Waals surface area (Å²) in [4.78, 5) is 16.9. The van der Waals surface area contributed by atoms with E-state index in [4.69, 9.17) is 16.3 Å². The van der Waals surface area contributed by atoms with Crippen LogP contribution in [0.25, 0.3) is 5.69 Å². The molecular weight excluding hydrogens is 438 g/mol. The topological polar surface area (TPSA) is 62.6 Å². The van der Waals surface area contributed by atoms with E-state index in [1.54, 1.807) is 17.1 Å². The number of carbonyl (C=O) groups is 1. The first-order valence-corrected chi connectivity index (χ1v) is 11.9. The lowest BCUT2D eigenvalue weighted by molar-refractivity contribution is 0.132. The zero-order chi connectivity index (χ0) is 22.6. The lowest BCUT2D eigenvalue weighted by atomic mass is 10.1. The largest absolute Gasteiger partial charge is 0.492 e. The van der Waals surface area contributed by atoms with Gasteiger partial charge < -0.3 is 15.0 Å². The van der Waals surface area contributed by atoms with Gasteiger partial charge in [0.15, 0.2) is 0 Å². The average Bonchev–Trinajstić information content (AvgIpc) is 3.49. The van der Waals surface area contributed by atoms with Gasteiger partial charge in [-0.3, -0.25) is 4.90 Å². The third kappa shape index (κ3) is 5.31. The fraction of sp³-hybridized carbons (Fsp3) is 0.360. The molecule has 1 aliphatic carbocycles. The maximum atomic E-state index is 12.7. The second kappa shape index (κ2) is 9.85. The first-order valence-electron chi connectivity index (χ1n) is 11.5. The van der Waals surface area contributed by atoms with Gasteiger partial charge in [0.25, 0.3) is 0 Å². The first kappa shape index (κ1) is 21.8. The third-order valence-electron chi connectivity index (χ3n) is 6.33. The maximum absolute atomic E-state index is 12.7. The fourth-order valence-corrected chi connectivity index (χ4v) is 4.56. The summed E-state index contributed by atoms with van der Waals surface area (Å²) in [5.41, 5.74) is 4.45. The van der Waals surface area contributed by atoms with E-state index in [0.717, 1.165) is 31.1 Å². The number of benzene rings is 2. The van der Waals surface area contributed by atoms with Gasteiger partial charge in [-0.1, -0.05) is 17.7 Å². The number of nitrogens with one attached hydrogen (secondary N) is 1. The molecule has 0 radical (unpaired) electrons. The number of fused-ring (bicyclic) bond motifs is 1. The molecule has 1 fully saturated rings. The number of hydrogen-bond donors (Lipinski definition) is 1. The lowest BCUT2D eigenvalue weighted by Gasteiger charge is -2.34. The van der Waals surface area contributed by atoms with Crippen molar-refractivity contribution in [2.24, 2.45) is 0 Å². The van der Waals surface area contributed by atoms with E-state index in [-0.39, 0.29) is 6.03 Å². The first-order chi connectivity index (χ1) is 16.1. The molecule has 1 aromatic heterocycles. The van der Waals surface area contributed by atoms with Crippen molar-refractivity contribution in [3.8, 4) is 11.4 Å². The third-order valence-corrected chi connectivity index (χ3v) is 6.58. The minimum absolute atomic E-state index is 0.0975. The molecule has 2 aromatic carbocycles. The number of carbonyl (C=O) groups excluding carboxylic acids is 1. The quantitative estimate of drug-likeness (QED) is 0.591. The standard InChI is InChI=1S/C25H28ClN5O2/c26-21-5-7-23(8-6-21)31-18-22(17-27-31)28-25(32)30-12-10-29(11-13-30)14-15-33-24-9-4-19-2-1-3-20(19)16-24/h4-9,16-18H,1-3,10-15H2,(H,28,32). The Morgan fingerprint density at radius 2 is 1.82 bits per heavy atom. The molecule has 2 aliphatic rings. The van der Waals surface area contributed by atoms with Gasteiger partial charge in [-0.15, -0.1) is 0 Å². The number of piperazine rings is 1. The number of rotatable bonds is 6. The Hall–Kier alpha value is -3.03. The van der Waals surface area contributed by atoms with Crippen molar-refractivity contribution < 1.29 is 9.53 Å². The van der Waals surface area contributed by atoms with Gasteiger partial charge in [0, 0.05) is 37.7 Å². The Morgan fingerprint density at radius 3 is 2.64 bits per heavy atom. The van der Waals surface area contributed by atoms with Crippen LogP contribution >= 0.6 is 11.6 Å². The summed E-state index contributed by atoms with van der Waals surface area (Å²) in [6.07, 6.45) is 7.06. The van der Waals surface area contributed by atoms with Gasteiger partial charge in [0.2, 0.25) is 0 Å². The molecule has 0 saturated carbocycles. The van der Waals surface area contributed by atoms with Crippen molar-refractivity contribution in [3.63, 3.8) is 0 Å². The predicted molar refractivity (Wildman–Crippen MR) is 130 cm³/mol. The number of nitrogens with zero attached hydrogens (tertiary/aromatic N) is 4. The fourth-order valence-electron chi connectivity index (χ4n) is 4.43. The zero-order valence-electron chi connectivity index (χ0n) is 18.5. The molecule has 33 heavy (non-hydrogen) atoms. The smallest absolute Gasteiger partial charge is 0.322 e. The van der Waals surface area contributed by atoms with Crippen LogP contribution in [0.1, 0.15) is 17.5 Å². The van der Waals surface area contributed by atoms with Crippen molar-refractivity contribution in [1.29, 1.82) is 0 Å². The van der Waals surface area contributed by atoms with Gasteiger partial charge in [-0.2, -0.15) is 5.10 Å². The molecule has 0 bridgehead atoms. The summed E-state index contributed by atoms with van der Waals surface area (Å²) >= 11 is 5.94. The monoisotopic (exact) mass is 465 g/mol. The molecule has 7 nitrogen and oxygen atoms in total. The normalized spacial score (nSPS) is 16.0. The van der Waals surface area contributed by atoms with Crippen molar-refractivity contribution in [2.75, 3.05) is 44.6 Å². The molecular formula is C25H28ClN5O2. The number of ether oxygens (including phenoxy) is 1. The highest BCUT2D eigenvalue weighted by atomic mass is 35.5. The van der Waals surface area contributed by atoms with Gasteiger partial charge in [-0.25, -0.2) is 9.48 Å². The Kier molecular flexibility index (Phi) is 6.51. The van der Waals surface area contributed by atoms with Crippen LogP contribution in [0.2, 0.25) is 5.02 Å². The number of urea groups is 1. The van der Waals surface area contributed by atoms with Crippen LogP contribution in [-0.2, 0) is 12.8 Å². The second-order valence-electron chi connectivity index (χ2n) is 8.54. The summed E-state index contributed by atoms with van der Waals surface area (Å²) in [7, 11) is 0. The molecule has 2 heterocycles. The van der Waals surface area contributed by atoms with Gasteiger partial charge in [0.1, 0.15) is 12.4 Å². The lowest BCUT2D eigenvalue weighted by Crippen LogP contribution is -2.50. The molecule has 0 unspecified atom stereocenters. The van der Waals surface area contributed by atoms with Crippen LogP contribution in [0.5, 0.6) is 5.75 Å². The molecule has 0 atom stereocenters. The molecule has 172 valence electrons. The average molecular weight is 466 g/mol. The Labute approximate surface area is 198 Å². The summed E-state index contributed by atoms with van der Waals surface area (Å²) in [5.74, 6) is 0.966. The van der Waals surface area contributed by atoms with Crippen molar-refractivity contribution in [1.82, 2.24) is 19.6 Å². The SMILES string of the molecule is O=C(Nc1cnn(-c2ccc(Cl)cc2)c1)N1CCN(CCOc2ccc3c(c2)CCC3)CC1. The molecule has 2 amide bonds. The summed E-state index contributed by atoms with van der Waals surface area (Å²) in [6, 6.07) is 13.8. The van der Waals surface area contributed by atoms with E-state index < -0.39 is 0 Å². The highest BCUT2D eigenvalue weighted by Crippen LogP contribution is 2.26. The van der Waals surface area contributed by atoms with Crippen LogP contribution < -0.4 is 10.1 Å². The molecule has 3 aromatic rings. The minimum Gasteiger partial charge on any atom is -0.492 e. The predicted octanol–water partition coefficient (Wildman–Crippen LogP) is 4.24. The van der Waals surface area contributed by atoms with E-state index in [9.17, 15) is 4.79 Å². The summed E-state index contributed by atoms with van der Waals surface area (Å²) in [6.45, 7) is 4.58. The molecule has 8 heteroatoms. The van der Waals surface area contributed by atoms with Crippen LogP contribution in [0.3, 0.4) is 0 Å². The number of hydrogen-bond acceptors (Lipinski definition) is 4. The Morgan fingerprint density at radius 1 is 1.03 bits per heavy atom. The molecule has 1 N–H and O–H groups in total. The van der Waals surface area contributed by atoms with E-state index in [2.05, 4.69) is 33.5 Å². The number of aromatic nitrogens is 2. The van der Waals surface area contributed by atoms with E-state index in [1.807, 2.05) is 29.2 Å². The molecule has 1 saturated heterocycles. The van der Waals surface area contributed by atoms with Gasteiger partial charge in [-0.05, 0) is 66.8 Å². The van der Waals surface area contributed by atoms with Crippen molar-refractivity contribution in [2.45, 2.75) is 19.3 Å². The number of amides is 2. The van der Waals surface area contributed by atoms with Crippen molar-refractivity contribution in [3.05, 3.63) is 71.0 Å². The Balaban J connectivity index is 1.05. The number of aryl methyl sites for hydroxylation is 2. The second-order valence-corrected chi connectivity index (χ2v) is 8.98. The summed E-state index contributed by atoms with van der Waals surface area (Å²) < 4.78 is 7.69. The number of anilines is 1. The number of halogens is 1. The van der Waals surface area contributed by atoms with Crippen LogP contribution in [0.15, 0.2) is 54.9 Å². The van der Waals surface area contributed by atoms with Gasteiger partial charge in [0.05, 0.1) is 23.8 Å². The Bertz CT molecular complexity index is 1110. The van der Waals surface area contributed by atoms with E-state index >= 15 is 0 Å². The molecule has 5 rings (SSSR count).